The highest BCUT2D eigenvalue weighted by Crippen LogP contribution is 2.34. The van der Waals surface area contributed by atoms with Gasteiger partial charge in [-0.2, -0.15) is 5.10 Å². The number of anilines is 2. The number of nitrogens with zero attached hydrogens (tertiary/aromatic N) is 2. The van der Waals surface area contributed by atoms with Crippen molar-refractivity contribution in [1.82, 2.24) is 9.78 Å². The molecule has 2 aliphatic rings. The Morgan fingerprint density at radius 1 is 1.32 bits per heavy atom. The predicted molar refractivity (Wildman–Crippen MR) is 87.0 cm³/mol. The highest BCUT2D eigenvalue weighted by molar-refractivity contribution is 5.54. The van der Waals surface area contributed by atoms with Crippen LogP contribution in [0.3, 0.4) is 0 Å². The first-order valence-corrected chi connectivity index (χ1v) is 8.07. The summed E-state index contributed by atoms with van der Waals surface area (Å²) in [5.41, 5.74) is 11.0. The highest BCUT2D eigenvalue weighted by Gasteiger charge is 2.27. The van der Waals surface area contributed by atoms with Crippen LogP contribution < -0.4 is 11.1 Å². The molecule has 116 valence electrons. The number of rotatable bonds is 2. The van der Waals surface area contributed by atoms with E-state index in [0.29, 0.717) is 18.2 Å². The van der Waals surface area contributed by atoms with Crippen LogP contribution in [-0.2, 0) is 19.4 Å². The fraction of sp³-hybridized carbons (Fsp3) is 0.471. The monoisotopic (exact) mass is 298 g/mol. The van der Waals surface area contributed by atoms with E-state index in [-0.39, 0.29) is 6.10 Å². The first-order chi connectivity index (χ1) is 10.7. The van der Waals surface area contributed by atoms with Crippen molar-refractivity contribution in [3.63, 3.8) is 0 Å². The van der Waals surface area contributed by atoms with Gasteiger partial charge in [0.2, 0.25) is 0 Å². The average molecular weight is 298 g/mol. The van der Waals surface area contributed by atoms with E-state index in [9.17, 15) is 5.11 Å². The molecule has 4 N–H and O–H groups in total. The molecule has 5 heteroatoms. The molecule has 0 fully saturated rings. The number of aliphatic hydroxyl groups is 1. The van der Waals surface area contributed by atoms with Crippen LogP contribution in [0.4, 0.5) is 11.5 Å². The second kappa shape index (κ2) is 5.32. The maximum atomic E-state index is 9.84. The molecule has 0 radical (unpaired) electrons. The number of nitrogen functional groups attached to an aromatic ring is 1. The third-order valence-electron chi connectivity index (χ3n) is 4.95. The van der Waals surface area contributed by atoms with E-state index in [2.05, 4.69) is 39.4 Å². The fourth-order valence-electron chi connectivity index (χ4n) is 3.80. The molecule has 22 heavy (non-hydrogen) atoms. The number of para-hydroxylation sites is 1. The summed E-state index contributed by atoms with van der Waals surface area (Å²) in [6.07, 6.45) is 3.15. The molecule has 1 aromatic carbocycles. The molecule has 1 aliphatic carbocycles. The van der Waals surface area contributed by atoms with Gasteiger partial charge in [0.1, 0.15) is 5.82 Å². The maximum Gasteiger partial charge on any atom is 0.149 e. The lowest BCUT2D eigenvalue weighted by atomic mass is 9.90. The normalized spacial score (nSPS) is 23.5. The largest absolute Gasteiger partial charge is 0.393 e. The summed E-state index contributed by atoms with van der Waals surface area (Å²) in [5.74, 6) is 1.06. The van der Waals surface area contributed by atoms with Crippen molar-refractivity contribution < 1.29 is 5.11 Å². The van der Waals surface area contributed by atoms with Gasteiger partial charge in [-0.1, -0.05) is 18.2 Å². The van der Waals surface area contributed by atoms with E-state index in [0.717, 1.165) is 37.9 Å². The van der Waals surface area contributed by atoms with E-state index >= 15 is 0 Å². The van der Waals surface area contributed by atoms with Crippen LogP contribution in [0.15, 0.2) is 24.3 Å². The average Bonchev–Trinajstić information content (AvgIpc) is 2.83. The van der Waals surface area contributed by atoms with Gasteiger partial charge in [-0.15, -0.1) is 0 Å². The van der Waals surface area contributed by atoms with Crippen molar-refractivity contribution >= 4 is 11.5 Å². The molecular formula is C17H22N4O. The van der Waals surface area contributed by atoms with Crippen LogP contribution in [0.5, 0.6) is 0 Å². The van der Waals surface area contributed by atoms with Gasteiger partial charge in [0.15, 0.2) is 0 Å². The van der Waals surface area contributed by atoms with Crippen molar-refractivity contribution in [3.8, 4) is 0 Å². The lowest BCUT2D eigenvalue weighted by Crippen LogP contribution is -2.24. The Morgan fingerprint density at radius 3 is 3.09 bits per heavy atom. The SMILES string of the molecule is Nc1nn(CC2CCNc3ccccc32)c2c1CC(O)CC2. The molecule has 0 amide bonds. The Bertz CT molecular complexity index is 694. The Labute approximate surface area is 130 Å². The minimum Gasteiger partial charge on any atom is -0.393 e. The number of nitrogens with two attached hydrogens (primary N) is 1. The molecule has 4 rings (SSSR count). The number of nitrogens with one attached hydrogen (secondary N) is 1. The molecule has 5 nitrogen and oxygen atoms in total. The summed E-state index contributed by atoms with van der Waals surface area (Å²) in [6.45, 7) is 1.87. The van der Waals surface area contributed by atoms with Gasteiger partial charge >= 0.3 is 0 Å². The van der Waals surface area contributed by atoms with E-state index in [1.165, 1.54) is 16.9 Å². The number of hydrogen-bond donors (Lipinski definition) is 3. The van der Waals surface area contributed by atoms with Crippen LogP contribution in [0, 0.1) is 0 Å². The van der Waals surface area contributed by atoms with Crippen molar-refractivity contribution in [3.05, 3.63) is 41.1 Å². The Hall–Kier alpha value is -2.01. The van der Waals surface area contributed by atoms with Gasteiger partial charge in [-0.05, 0) is 30.9 Å². The Kier molecular flexibility index (Phi) is 3.30. The van der Waals surface area contributed by atoms with Gasteiger partial charge in [-0.3, -0.25) is 4.68 Å². The minimum atomic E-state index is -0.271. The summed E-state index contributed by atoms with van der Waals surface area (Å²) < 4.78 is 2.09. The third-order valence-corrected chi connectivity index (χ3v) is 4.95. The number of hydrogen-bond acceptors (Lipinski definition) is 4. The van der Waals surface area contributed by atoms with Crippen LogP contribution in [0.2, 0.25) is 0 Å². The highest BCUT2D eigenvalue weighted by atomic mass is 16.3. The second-order valence-corrected chi connectivity index (χ2v) is 6.39. The Balaban J connectivity index is 1.64. The zero-order chi connectivity index (χ0) is 15.1. The van der Waals surface area contributed by atoms with Crippen LogP contribution in [0.1, 0.15) is 35.6 Å². The number of benzene rings is 1. The standard InChI is InChI=1S/C17H22N4O/c18-17-14-9-12(22)5-6-16(14)21(20-17)10-11-7-8-19-15-4-2-1-3-13(11)15/h1-4,11-12,19,22H,5-10H2,(H2,18,20). The summed E-state index contributed by atoms with van der Waals surface area (Å²) >= 11 is 0. The van der Waals surface area contributed by atoms with Crippen LogP contribution >= 0.6 is 0 Å². The molecule has 0 saturated heterocycles. The van der Waals surface area contributed by atoms with E-state index < -0.39 is 0 Å². The van der Waals surface area contributed by atoms with Gasteiger partial charge in [-0.25, -0.2) is 0 Å². The Morgan fingerprint density at radius 2 is 2.18 bits per heavy atom. The molecule has 2 unspecified atom stereocenters. The fourth-order valence-corrected chi connectivity index (χ4v) is 3.80. The third kappa shape index (κ3) is 2.25. The first-order valence-electron chi connectivity index (χ1n) is 8.07. The van der Waals surface area contributed by atoms with E-state index in [1.807, 2.05) is 0 Å². The lowest BCUT2D eigenvalue weighted by Gasteiger charge is -2.27. The van der Waals surface area contributed by atoms with Crippen molar-refractivity contribution in [2.45, 2.75) is 44.2 Å². The maximum absolute atomic E-state index is 9.84. The topological polar surface area (TPSA) is 76.1 Å². The molecular weight excluding hydrogens is 276 g/mol. The van der Waals surface area contributed by atoms with Crippen molar-refractivity contribution in [2.75, 3.05) is 17.6 Å². The van der Waals surface area contributed by atoms with Gasteiger partial charge < -0.3 is 16.2 Å². The van der Waals surface area contributed by atoms with E-state index in [1.54, 1.807) is 0 Å². The van der Waals surface area contributed by atoms with Gasteiger partial charge in [0, 0.05) is 42.4 Å². The van der Waals surface area contributed by atoms with Crippen molar-refractivity contribution in [1.29, 1.82) is 0 Å². The summed E-state index contributed by atoms with van der Waals surface area (Å²) in [4.78, 5) is 0. The summed E-state index contributed by atoms with van der Waals surface area (Å²) in [7, 11) is 0. The molecule has 2 aromatic rings. The molecule has 2 heterocycles. The smallest absolute Gasteiger partial charge is 0.149 e. The number of aliphatic hydroxyl groups excluding tert-OH is 1. The zero-order valence-corrected chi connectivity index (χ0v) is 12.6. The van der Waals surface area contributed by atoms with Crippen LogP contribution in [0.25, 0.3) is 0 Å². The lowest BCUT2D eigenvalue weighted by molar-refractivity contribution is 0.157. The molecule has 0 bridgehead atoms. The van der Waals surface area contributed by atoms with Gasteiger partial charge in [0.25, 0.3) is 0 Å². The molecule has 2 atom stereocenters. The molecule has 0 saturated carbocycles. The van der Waals surface area contributed by atoms with Crippen LogP contribution in [-0.4, -0.2) is 27.5 Å². The number of aromatic nitrogens is 2. The summed E-state index contributed by atoms with van der Waals surface area (Å²) in [5, 5.41) is 17.9. The predicted octanol–water partition coefficient (Wildman–Crippen LogP) is 1.91. The van der Waals surface area contributed by atoms with Crippen molar-refractivity contribution in [2.24, 2.45) is 0 Å². The molecule has 1 aromatic heterocycles. The summed E-state index contributed by atoms with van der Waals surface area (Å²) in [6, 6.07) is 8.52. The van der Waals surface area contributed by atoms with Gasteiger partial charge in [0.05, 0.1) is 6.10 Å². The quantitative estimate of drug-likeness (QED) is 0.791. The van der Waals surface area contributed by atoms with E-state index in [4.69, 9.17) is 5.73 Å². The number of fused-ring (bicyclic) bond motifs is 2. The zero-order valence-electron chi connectivity index (χ0n) is 12.6. The minimum absolute atomic E-state index is 0.271. The first kappa shape index (κ1) is 13.6. The molecule has 0 spiro atoms. The second-order valence-electron chi connectivity index (χ2n) is 6.39. The molecule has 1 aliphatic heterocycles.